The van der Waals surface area contributed by atoms with Crippen LogP contribution in [0.5, 0.6) is 0 Å². The SMILES string of the molecule is CCS(=O)(=NC)c1ccc(Nc2ncc3cc(Cl)c(=O)n(C(C)C)c3n2)c(C)c1. The zero-order valence-corrected chi connectivity index (χ0v) is 18.6. The van der Waals surface area contributed by atoms with Crippen LogP contribution < -0.4 is 10.9 Å². The molecule has 0 amide bonds. The summed E-state index contributed by atoms with van der Waals surface area (Å²) >= 11 is 6.07. The van der Waals surface area contributed by atoms with Gasteiger partial charge in [0, 0.05) is 41.0 Å². The number of aromatic nitrogens is 3. The molecule has 0 aliphatic carbocycles. The summed E-state index contributed by atoms with van der Waals surface area (Å²) in [5.74, 6) is 0.819. The van der Waals surface area contributed by atoms with Gasteiger partial charge in [0.05, 0.1) is 9.73 Å². The normalized spacial score (nSPS) is 13.5. The summed E-state index contributed by atoms with van der Waals surface area (Å²) < 4.78 is 18.4. The monoisotopic (exact) mass is 433 g/mol. The van der Waals surface area contributed by atoms with Gasteiger partial charge in [-0.1, -0.05) is 18.5 Å². The minimum atomic E-state index is -2.39. The zero-order chi connectivity index (χ0) is 21.3. The van der Waals surface area contributed by atoms with Crippen LogP contribution >= 0.6 is 11.6 Å². The molecule has 2 aromatic heterocycles. The van der Waals surface area contributed by atoms with Gasteiger partial charge in [-0.25, -0.2) is 13.6 Å². The highest BCUT2D eigenvalue weighted by molar-refractivity contribution is 7.93. The van der Waals surface area contributed by atoms with Crippen molar-refractivity contribution in [1.29, 1.82) is 0 Å². The van der Waals surface area contributed by atoms with E-state index in [-0.39, 0.29) is 16.6 Å². The van der Waals surface area contributed by atoms with Gasteiger partial charge in [-0.2, -0.15) is 4.98 Å². The zero-order valence-electron chi connectivity index (χ0n) is 17.1. The van der Waals surface area contributed by atoms with Gasteiger partial charge in [0.2, 0.25) is 5.95 Å². The Balaban J connectivity index is 2.05. The summed E-state index contributed by atoms with van der Waals surface area (Å²) in [7, 11) is -0.813. The molecule has 1 aromatic carbocycles. The molecule has 154 valence electrons. The van der Waals surface area contributed by atoms with Gasteiger partial charge >= 0.3 is 0 Å². The number of nitrogens with one attached hydrogen (secondary N) is 1. The van der Waals surface area contributed by atoms with Crippen molar-refractivity contribution < 1.29 is 4.21 Å². The molecule has 1 atom stereocenters. The van der Waals surface area contributed by atoms with E-state index in [2.05, 4.69) is 19.6 Å². The smallest absolute Gasteiger partial charge is 0.271 e. The molecule has 29 heavy (non-hydrogen) atoms. The predicted molar refractivity (Wildman–Crippen MR) is 119 cm³/mol. The van der Waals surface area contributed by atoms with E-state index in [1.54, 1.807) is 29.9 Å². The number of anilines is 2. The molecule has 3 aromatic rings. The van der Waals surface area contributed by atoms with Crippen molar-refractivity contribution in [2.24, 2.45) is 4.36 Å². The van der Waals surface area contributed by atoms with Gasteiger partial charge in [-0.05, 0) is 50.6 Å². The molecule has 0 saturated carbocycles. The predicted octanol–water partition coefficient (Wildman–Crippen LogP) is 4.55. The maximum atomic E-state index is 12.8. The van der Waals surface area contributed by atoms with Crippen molar-refractivity contribution in [3.63, 3.8) is 0 Å². The minimum Gasteiger partial charge on any atom is -0.324 e. The highest BCUT2D eigenvalue weighted by Gasteiger charge is 2.14. The fraction of sp³-hybridized carbons (Fsp3) is 0.350. The van der Waals surface area contributed by atoms with Crippen LogP contribution in [0, 0.1) is 6.92 Å². The van der Waals surface area contributed by atoms with Crippen molar-refractivity contribution in [2.75, 3.05) is 18.1 Å². The number of aryl methyl sites for hydroxylation is 1. The molecular formula is C20H24ClN5O2S. The standard InChI is InChI=1S/C20H24ClN5O2S/c1-6-29(28,22-5)15-7-8-17(13(4)9-15)24-20-23-11-14-10-16(21)19(27)26(12(2)3)18(14)25-20/h7-12H,6H2,1-5H3,(H,23,24,25). The van der Waals surface area contributed by atoms with Gasteiger partial charge in [0.1, 0.15) is 10.7 Å². The first-order valence-electron chi connectivity index (χ1n) is 9.28. The quantitative estimate of drug-likeness (QED) is 0.637. The number of rotatable bonds is 5. The van der Waals surface area contributed by atoms with Crippen molar-refractivity contribution in [1.82, 2.24) is 14.5 Å². The summed E-state index contributed by atoms with van der Waals surface area (Å²) in [6.45, 7) is 7.58. The number of hydrogen-bond donors (Lipinski definition) is 1. The van der Waals surface area contributed by atoms with E-state index in [1.165, 1.54) is 0 Å². The lowest BCUT2D eigenvalue weighted by Gasteiger charge is -2.15. The number of halogens is 1. The van der Waals surface area contributed by atoms with E-state index in [4.69, 9.17) is 11.6 Å². The molecule has 0 aliphatic heterocycles. The van der Waals surface area contributed by atoms with Gasteiger partial charge in [-0.15, -0.1) is 0 Å². The molecule has 0 radical (unpaired) electrons. The van der Waals surface area contributed by atoms with Gasteiger partial charge in [0.25, 0.3) is 5.56 Å². The van der Waals surface area contributed by atoms with E-state index in [9.17, 15) is 9.00 Å². The molecule has 1 N–H and O–H groups in total. The molecule has 0 bridgehead atoms. The lowest BCUT2D eigenvalue weighted by molar-refractivity contribution is 0.595. The van der Waals surface area contributed by atoms with E-state index in [0.29, 0.717) is 27.6 Å². The molecule has 0 aliphatic rings. The summed E-state index contributed by atoms with van der Waals surface area (Å²) in [6, 6.07) is 6.99. The summed E-state index contributed by atoms with van der Waals surface area (Å²) in [5, 5.41) is 4.01. The Kier molecular flexibility index (Phi) is 5.95. The van der Waals surface area contributed by atoms with Crippen molar-refractivity contribution in [3.05, 3.63) is 51.4 Å². The van der Waals surface area contributed by atoms with Gasteiger partial charge in [0.15, 0.2) is 0 Å². The van der Waals surface area contributed by atoms with Crippen molar-refractivity contribution >= 4 is 44.0 Å². The summed E-state index contributed by atoms with van der Waals surface area (Å²) in [4.78, 5) is 22.0. The molecule has 2 heterocycles. The van der Waals surface area contributed by atoms with Crippen LogP contribution in [0.4, 0.5) is 11.6 Å². The lowest BCUT2D eigenvalue weighted by atomic mass is 10.2. The Bertz CT molecular complexity index is 1260. The second kappa shape index (κ2) is 8.12. The number of nitrogens with zero attached hydrogens (tertiary/aromatic N) is 4. The van der Waals surface area contributed by atoms with Crippen LogP contribution in [0.3, 0.4) is 0 Å². The van der Waals surface area contributed by atoms with E-state index >= 15 is 0 Å². The van der Waals surface area contributed by atoms with Crippen LogP contribution in [0.25, 0.3) is 11.0 Å². The average molecular weight is 434 g/mol. The van der Waals surface area contributed by atoms with E-state index in [1.807, 2.05) is 39.8 Å². The van der Waals surface area contributed by atoms with Crippen molar-refractivity contribution in [2.45, 2.75) is 38.6 Å². The molecule has 0 saturated heterocycles. The first-order valence-corrected chi connectivity index (χ1v) is 11.3. The van der Waals surface area contributed by atoms with Gasteiger partial charge < -0.3 is 5.32 Å². The van der Waals surface area contributed by atoms with E-state index in [0.717, 1.165) is 11.3 Å². The third kappa shape index (κ3) is 4.00. The van der Waals surface area contributed by atoms with Crippen LogP contribution in [0.1, 0.15) is 32.4 Å². The molecule has 7 nitrogen and oxygen atoms in total. The number of pyridine rings is 1. The van der Waals surface area contributed by atoms with Crippen LogP contribution in [-0.4, -0.2) is 31.5 Å². The first-order chi connectivity index (χ1) is 13.7. The van der Waals surface area contributed by atoms with Crippen LogP contribution in [-0.2, 0) is 9.73 Å². The lowest BCUT2D eigenvalue weighted by Crippen LogP contribution is -2.23. The molecule has 0 fully saturated rings. The Morgan fingerprint density at radius 2 is 2.03 bits per heavy atom. The average Bonchev–Trinajstić information content (AvgIpc) is 2.69. The Morgan fingerprint density at radius 1 is 1.31 bits per heavy atom. The molecule has 0 spiro atoms. The summed E-state index contributed by atoms with van der Waals surface area (Å²) in [6.07, 6.45) is 1.64. The Morgan fingerprint density at radius 3 is 2.62 bits per heavy atom. The molecule has 3 rings (SSSR count). The fourth-order valence-corrected chi connectivity index (χ4v) is 4.77. The molecule has 9 heteroatoms. The summed E-state index contributed by atoms with van der Waals surface area (Å²) in [5.41, 5.74) is 1.92. The maximum Gasteiger partial charge on any atom is 0.271 e. The second-order valence-electron chi connectivity index (χ2n) is 6.95. The number of benzene rings is 1. The Hall–Kier alpha value is -2.45. The highest BCUT2D eigenvalue weighted by Crippen LogP contribution is 2.25. The third-order valence-electron chi connectivity index (χ3n) is 4.74. The third-order valence-corrected chi connectivity index (χ3v) is 7.38. The fourth-order valence-electron chi connectivity index (χ4n) is 3.12. The minimum absolute atomic E-state index is 0.104. The second-order valence-corrected chi connectivity index (χ2v) is 10.0. The van der Waals surface area contributed by atoms with Gasteiger partial charge in [-0.3, -0.25) is 9.36 Å². The highest BCUT2D eigenvalue weighted by atomic mass is 35.5. The van der Waals surface area contributed by atoms with Crippen LogP contribution in [0.15, 0.2) is 44.5 Å². The Labute approximate surface area is 175 Å². The first kappa shape index (κ1) is 21.3. The number of fused-ring (bicyclic) bond motifs is 1. The largest absolute Gasteiger partial charge is 0.324 e. The van der Waals surface area contributed by atoms with Crippen molar-refractivity contribution in [3.8, 4) is 0 Å². The molecule has 1 unspecified atom stereocenters. The van der Waals surface area contributed by atoms with E-state index < -0.39 is 9.73 Å². The van der Waals surface area contributed by atoms with Crippen LogP contribution in [0.2, 0.25) is 5.02 Å². The number of hydrogen-bond acceptors (Lipinski definition) is 6. The molecular weight excluding hydrogens is 410 g/mol. The topological polar surface area (TPSA) is 89.2 Å². The maximum absolute atomic E-state index is 12.8.